The Labute approximate surface area is 109 Å². The molecular formula is C11H16IN3O. The zero-order valence-corrected chi connectivity index (χ0v) is 11.7. The average Bonchev–Trinajstić information content (AvgIpc) is 2.64. The SMILES string of the molecule is CCC1CCC(C)N1c1nc[nH]c(=O)c1I. The van der Waals surface area contributed by atoms with Crippen LogP contribution in [0.25, 0.3) is 0 Å². The van der Waals surface area contributed by atoms with Crippen LogP contribution in [-0.2, 0) is 0 Å². The highest BCUT2D eigenvalue weighted by Gasteiger charge is 2.31. The van der Waals surface area contributed by atoms with Gasteiger partial charge in [-0.1, -0.05) is 6.92 Å². The summed E-state index contributed by atoms with van der Waals surface area (Å²) in [6, 6.07) is 1.01. The maximum Gasteiger partial charge on any atom is 0.266 e. The Morgan fingerprint density at radius 3 is 3.06 bits per heavy atom. The summed E-state index contributed by atoms with van der Waals surface area (Å²) in [6.07, 6.45) is 4.98. The number of halogens is 1. The molecule has 0 spiro atoms. The van der Waals surface area contributed by atoms with E-state index in [0.29, 0.717) is 15.7 Å². The van der Waals surface area contributed by atoms with E-state index in [0.717, 1.165) is 12.2 Å². The number of hydrogen-bond donors (Lipinski definition) is 1. The molecule has 1 N–H and O–H groups in total. The van der Waals surface area contributed by atoms with Crippen molar-refractivity contribution in [1.29, 1.82) is 0 Å². The van der Waals surface area contributed by atoms with Crippen LogP contribution in [0.15, 0.2) is 11.1 Å². The normalized spacial score (nSPS) is 25.1. The average molecular weight is 333 g/mol. The van der Waals surface area contributed by atoms with Crippen molar-refractivity contribution in [1.82, 2.24) is 9.97 Å². The number of nitrogens with zero attached hydrogens (tertiary/aromatic N) is 2. The quantitative estimate of drug-likeness (QED) is 0.844. The summed E-state index contributed by atoms with van der Waals surface area (Å²) in [5, 5.41) is 0. The fourth-order valence-corrected chi connectivity index (χ4v) is 2.98. The molecule has 0 saturated carbocycles. The lowest BCUT2D eigenvalue weighted by molar-refractivity contribution is 0.618. The van der Waals surface area contributed by atoms with E-state index in [2.05, 4.69) is 51.3 Å². The fourth-order valence-electron chi connectivity index (χ4n) is 2.41. The van der Waals surface area contributed by atoms with Gasteiger partial charge in [-0.3, -0.25) is 4.79 Å². The lowest BCUT2D eigenvalue weighted by atomic mass is 10.1. The summed E-state index contributed by atoms with van der Waals surface area (Å²) in [5.41, 5.74) is -0.0421. The van der Waals surface area contributed by atoms with Crippen LogP contribution in [0.2, 0.25) is 0 Å². The molecule has 1 fully saturated rings. The van der Waals surface area contributed by atoms with E-state index in [4.69, 9.17) is 0 Å². The minimum absolute atomic E-state index is 0.0421. The van der Waals surface area contributed by atoms with Crippen molar-refractivity contribution >= 4 is 28.4 Å². The first-order chi connectivity index (χ1) is 7.65. The first kappa shape index (κ1) is 11.9. The van der Waals surface area contributed by atoms with Crippen LogP contribution in [-0.4, -0.2) is 22.1 Å². The Morgan fingerprint density at radius 2 is 2.38 bits per heavy atom. The summed E-state index contributed by atoms with van der Waals surface area (Å²) in [4.78, 5) is 20.8. The van der Waals surface area contributed by atoms with E-state index in [1.165, 1.54) is 19.2 Å². The largest absolute Gasteiger partial charge is 0.350 e. The van der Waals surface area contributed by atoms with Gasteiger partial charge in [-0.25, -0.2) is 4.98 Å². The third-order valence-corrected chi connectivity index (χ3v) is 4.25. The van der Waals surface area contributed by atoms with Gasteiger partial charge < -0.3 is 9.88 Å². The van der Waals surface area contributed by atoms with Crippen molar-refractivity contribution < 1.29 is 0 Å². The number of H-pyrrole nitrogens is 1. The third-order valence-electron chi connectivity index (χ3n) is 3.28. The first-order valence-electron chi connectivity index (χ1n) is 5.66. The van der Waals surface area contributed by atoms with E-state index >= 15 is 0 Å². The minimum atomic E-state index is -0.0421. The molecular weight excluding hydrogens is 317 g/mol. The Bertz CT molecular complexity index is 431. The number of nitrogens with one attached hydrogen (secondary N) is 1. The maximum absolute atomic E-state index is 11.6. The molecule has 2 unspecified atom stereocenters. The minimum Gasteiger partial charge on any atom is -0.350 e. The van der Waals surface area contributed by atoms with Gasteiger partial charge in [0.15, 0.2) is 0 Å². The molecule has 0 radical (unpaired) electrons. The molecule has 1 aromatic heterocycles. The Balaban J connectivity index is 2.42. The molecule has 1 aliphatic rings. The Hall–Kier alpha value is -0.590. The van der Waals surface area contributed by atoms with E-state index in [1.807, 2.05) is 0 Å². The van der Waals surface area contributed by atoms with E-state index in [-0.39, 0.29) is 5.56 Å². The molecule has 16 heavy (non-hydrogen) atoms. The lowest BCUT2D eigenvalue weighted by Crippen LogP contribution is -2.36. The molecule has 88 valence electrons. The van der Waals surface area contributed by atoms with Gasteiger partial charge in [0.1, 0.15) is 9.39 Å². The van der Waals surface area contributed by atoms with Crippen LogP contribution in [0.3, 0.4) is 0 Å². The molecule has 2 rings (SSSR count). The highest BCUT2D eigenvalue weighted by molar-refractivity contribution is 14.1. The van der Waals surface area contributed by atoms with Gasteiger partial charge in [-0.05, 0) is 48.8 Å². The predicted molar refractivity (Wildman–Crippen MR) is 72.8 cm³/mol. The molecule has 1 saturated heterocycles. The van der Waals surface area contributed by atoms with Crippen LogP contribution < -0.4 is 10.5 Å². The van der Waals surface area contributed by atoms with Gasteiger partial charge in [0.25, 0.3) is 5.56 Å². The number of hydrogen-bond acceptors (Lipinski definition) is 3. The third kappa shape index (κ3) is 1.97. The molecule has 1 aromatic rings. The van der Waals surface area contributed by atoms with E-state index in [9.17, 15) is 4.79 Å². The number of anilines is 1. The molecule has 2 heterocycles. The van der Waals surface area contributed by atoms with E-state index < -0.39 is 0 Å². The topological polar surface area (TPSA) is 49.0 Å². The Morgan fingerprint density at radius 1 is 1.62 bits per heavy atom. The van der Waals surface area contributed by atoms with E-state index in [1.54, 1.807) is 0 Å². The standard InChI is InChI=1S/C11H16IN3O/c1-3-8-5-4-7(2)15(8)10-9(12)11(16)14-6-13-10/h6-8H,3-5H2,1-2H3,(H,13,14,16). The van der Waals surface area contributed by atoms with Crippen LogP contribution in [0.5, 0.6) is 0 Å². The second-order valence-electron chi connectivity index (χ2n) is 4.26. The molecule has 0 aromatic carbocycles. The van der Waals surface area contributed by atoms with Gasteiger partial charge in [-0.15, -0.1) is 0 Å². The van der Waals surface area contributed by atoms with Crippen molar-refractivity contribution in [2.24, 2.45) is 0 Å². The summed E-state index contributed by atoms with van der Waals surface area (Å²) in [6.45, 7) is 4.39. The number of aromatic amines is 1. The van der Waals surface area contributed by atoms with Crippen LogP contribution in [0, 0.1) is 3.57 Å². The molecule has 0 aliphatic carbocycles. The zero-order valence-electron chi connectivity index (χ0n) is 9.53. The van der Waals surface area contributed by atoms with Gasteiger partial charge in [0.05, 0.1) is 6.33 Å². The summed E-state index contributed by atoms with van der Waals surface area (Å²) < 4.78 is 0.701. The zero-order chi connectivity index (χ0) is 11.7. The maximum atomic E-state index is 11.6. The second-order valence-corrected chi connectivity index (χ2v) is 5.34. The van der Waals surface area contributed by atoms with Gasteiger partial charge in [-0.2, -0.15) is 0 Å². The summed E-state index contributed by atoms with van der Waals surface area (Å²) in [7, 11) is 0. The van der Waals surface area contributed by atoms with Gasteiger partial charge in [0, 0.05) is 12.1 Å². The van der Waals surface area contributed by atoms with Crippen LogP contribution in [0.1, 0.15) is 33.1 Å². The van der Waals surface area contributed by atoms with Crippen molar-refractivity contribution in [3.63, 3.8) is 0 Å². The molecule has 0 bridgehead atoms. The van der Waals surface area contributed by atoms with Gasteiger partial charge in [0.2, 0.25) is 0 Å². The van der Waals surface area contributed by atoms with Crippen molar-refractivity contribution in [3.05, 3.63) is 20.3 Å². The van der Waals surface area contributed by atoms with Crippen molar-refractivity contribution in [2.75, 3.05) is 4.90 Å². The Kier molecular flexibility index (Phi) is 3.51. The van der Waals surface area contributed by atoms with Gasteiger partial charge >= 0.3 is 0 Å². The summed E-state index contributed by atoms with van der Waals surface area (Å²) in [5.74, 6) is 0.848. The van der Waals surface area contributed by atoms with Crippen molar-refractivity contribution in [2.45, 2.75) is 45.2 Å². The van der Waals surface area contributed by atoms with Crippen molar-refractivity contribution in [3.8, 4) is 0 Å². The monoisotopic (exact) mass is 333 g/mol. The summed E-state index contributed by atoms with van der Waals surface area (Å²) >= 11 is 2.08. The molecule has 4 nitrogen and oxygen atoms in total. The van der Waals surface area contributed by atoms with Crippen LogP contribution >= 0.6 is 22.6 Å². The molecule has 1 aliphatic heterocycles. The molecule has 2 atom stereocenters. The molecule has 5 heteroatoms. The number of aromatic nitrogens is 2. The smallest absolute Gasteiger partial charge is 0.266 e. The highest BCUT2D eigenvalue weighted by Crippen LogP contribution is 2.31. The predicted octanol–water partition coefficient (Wildman–Crippen LogP) is 2.14. The van der Waals surface area contributed by atoms with Crippen LogP contribution in [0.4, 0.5) is 5.82 Å². The molecule has 0 amide bonds. The number of rotatable bonds is 2. The first-order valence-corrected chi connectivity index (χ1v) is 6.74. The second kappa shape index (κ2) is 4.73. The fraction of sp³-hybridized carbons (Fsp3) is 0.636. The lowest BCUT2D eigenvalue weighted by Gasteiger charge is -2.29. The highest BCUT2D eigenvalue weighted by atomic mass is 127.